The molecular formula is C14H16F11NO4S. The lowest BCUT2D eigenvalue weighted by Gasteiger charge is -2.37. The van der Waals surface area contributed by atoms with Gasteiger partial charge in [-0.25, -0.2) is 13.2 Å². The highest BCUT2D eigenvalue weighted by Crippen LogP contribution is 2.58. The Balaban J connectivity index is 5.58. The van der Waals surface area contributed by atoms with Crippen LogP contribution in [0.15, 0.2) is 12.2 Å². The topological polar surface area (TPSA) is 63.7 Å². The first-order valence-electron chi connectivity index (χ1n) is 7.86. The molecule has 0 aromatic rings. The van der Waals surface area contributed by atoms with Crippen molar-refractivity contribution >= 4 is 16.0 Å². The zero-order chi connectivity index (χ0) is 25.3. The minimum absolute atomic E-state index is 0.0295. The number of halogens is 11. The minimum atomic E-state index is -7.83. The lowest BCUT2D eigenvalue weighted by atomic mass is 10.0. The molecule has 0 aromatic carbocycles. The van der Waals surface area contributed by atoms with Gasteiger partial charge in [0.05, 0.1) is 6.61 Å². The summed E-state index contributed by atoms with van der Waals surface area (Å²) < 4.78 is 170. The molecule has 0 fully saturated rings. The first kappa shape index (κ1) is 29.3. The predicted octanol–water partition coefficient (Wildman–Crippen LogP) is 4.21. The van der Waals surface area contributed by atoms with Gasteiger partial charge in [0.15, 0.2) is 0 Å². The van der Waals surface area contributed by atoms with Gasteiger partial charge in [0.25, 0.3) is 10.0 Å². The van der Waals surface area contributed by atoms with E-state index in [1.807, 2.05) is 0 Å². The summed E-state index contributed by atoms with van der Waals surface area (Å²) in [5, 5.41) is -7.06. The van der Waals surface area contributed by atoms with Crippen LogP contribution < -0.4 is 0 Å². The number of unbranched alkanes of at least 4 members (excludes halogenated alkanes) is 1. The van der Waals surface area contributed by atoms with Gasteiger partial charge in [0.1, 0.15) is 0 Å². The highest BCUT2D eigenvalue weighted by Gasteiger charge is 2.89. The molecule has 31 heavy (non-hydrogen) atoms. The maximum absolute atomic E-state index is 13.8. The zero-order valence-electron chi connectivity index (χ0n) is 15.7. The lowest BCUT2D eigenvalue weighted by Crippen LogP contribution is -2.69. The van der Waals surface area contributed by atoms with Crippen LogP contribution in [-0.2, 0) is 19.6 Å². The van der Waals surface area contributed by atoms with Crippen LogP contribution in [0, 0.1) is 0 Å². The molecule has 0 spiro atoms. The summed E-state index contributed by atoms with van der Waals surface area (Å²) in [6, 6.07) is 0. The van der Waals surface area contributed by atoms with Crippen LogP contribution in [0.1, 0.15) is 19.8 Å². The van der Waals surface area contributed by atoms with E-state index in [2.05, 4.69) is 11.3 Å². The number of carbonyl (C=O) groups excluding carboxylic acids is 1. The molecule has 0 atom stereocenters. The van der Waals surface area contributed by atoms with Crippen molar-refractivity contribution in [2.24, 2.45) is 0 Å². The van der Waals surface area contributed by atoms with E-state index in [4.69, 9.17) is 0 Å². The van der Waals surface area contributed by atoms with Crippen LogP contribution in [0.3, 0.4) is 0 Å². The number of esters is 1. The molecule has 5 nitrogen and oxygen atoms in total. The van der Waals surface area contributed by atoms with Crippen molar-refractivity contribution in [1.82, 2.24) is 4.31 Å². The monoisotopic (exact) mass is 503 g/mol. The van der Waals surface area contributed by atoms with Crippen molar-refractivity contribution in [3.8, 4) is 0 Å². The Morgan fingerprint density at radius 3 is 1.71 bits per heavy atom. The van der Waals surface area contributed by atoms with Gasteiger partial charge < -0.3 is 4.74 Å². The Morgan fingerprint density at radius 1 is 0.871 bits per heavy atom. The number of hydrogen-bond donors (Lipinski definition) is 0. The fourth-order valence-corrected chi connectivity index (χ4v) is 2.97. The third-order valence-electron chi connectivity index (χ3n) is 3.69. The van der Waals surface area contributed by atoms with Gasteiger partial charge >= 0.3 is 35.2 Å². The summed E-state index contributed by atoms with van der Waals surface area (Å²) in [5.74, 6) is -24.1. The Morgan fingerprint density at radius 2 is 1.32 bits per heavy atom. The number of alkyl halides is 11. The highest BCUT2D eigenvalue weighted by molar-refractivity contribution is 7.90. The summed E-state index contributed by atoms with van der Waals surface area (Å²) in [7, 11) is -6.67. The maximum atomic E-state index is 13.8. The molecule has 0 amide bonds. The molecule has 17 heteroatoms. The standard InChI is InChI=1S/C14H16F11NO4S/c1-8(2)9(27)30-7-5-4-6-26(3)31(28,29)14(24,25)12(19,20)10(15,16)11(17,18)13(21,22)23/h1,4-7H2,2-3H3. The van der Waals surface area contributed by atoms with Gasteiger partial charge in [-0.05, 0) is 19.8 Å². The van der Waals surface area contributed by atoms with Gasteiger partial charge in [-0.3, -0.25) is 0 Å². The molecule has 0 aliphatic carbocycles. The van der Waals surface area contributed by atoms with Crippen LogP contribution in [0.2, 0.25) is 0 Å². The van der Waals surface area contributed by atoms with E-state index in [0.717, 1.165) is 0 Å². The first-order chi connectivity index (χ1) is 13.5. The number of ether oxygens (including phenoxy) is 1. The van der Waals surface area contributed by atoms with E-state index in [-0.39, 0.29) is 19.0 Å². The van der Waals surface area contributed by atoms with Crippen molar-refractivity contribution in [1.29, 1.82) is 0 Å². The Bertz CT molecular complexity index is 778. The third kappa shape index (κ3) is 5.23. The predicted molar refractivity (Wildman–Crippen MR) is 82.4 cm³/mol. The van der Waals surface area contributed by atoms with Crippen molar-refractivity contribution in [3.63, 3.8) is 0 Å². The fourth-order valence-electron chi connectivity index (χ4n) is 1.76. The van der Waals surface area contributed by atoms with E-state index in [1.165, 1.54) is 6.92 Å². The van der Waals surface area contributed by atoms with Crippen LogP contribution in [0.4, 0.5) is 48.3 Å². The van der Waals surface area contributed by atoms with Crippen LogP contribution in [-0.4, -0.2) is 68.1 Å². The number of rotatable bonds is 11. The normalized spacial score (nSPS) is 14.6. The smallest absolute Gasteiger partial charge is 0.460 e. The molecule has 0 saturated heterocycles. The highest BCUT2D eigenvalue weighted by atomic mass is 32.2. The lowest BCUT2D eigenvalue weighted by molar-refractivity contribution is -0.413. The van der Waals surface area contributed by atoms with Crippen LogP contribution in [0.5, 0.6) is 0 Å². The van der Waals surface area contributed by atoms with Crippen molar-refractivity contribution in [2.75, 3.05) is 20.2 Å². The van der Waals surface area contributed by atoms with Gasteiger partial charge in [0.2, 0.25) is 0 Å². The average molecular weight is 503 g/mol. The second-order valence-electron chi connectivity index (χ2n) is 6.19. The summed E-state index contributed by atoms with van der Waals surface area (Å²) in [5.41, 5.74) is -0.0295. The van der Waals surface area contributed by atoms with Crippen LogP contribution in [0.25, 0.3) is 0 Å². The number of sulfonamides is 1. The molecule has 0 aromatic heterocycles. The molecule has 0 aliphatic heterocycles. The molecule has 0 unspecified atom stereocenters. The minimum Gasteiger partial charge on any atom is -0.462 e. The Kier molecular flexibility index (Phi) is 8.59. The first-order valence-corrected chi connectivity index (χ1v) is 9.30. The number of nitrogens with zero attached hydrogens (tertiary/aromatic N) is 1. The van der Waals surface area contributed by atoms with E-state index in [1.54, 1.807) is 0 Å². The summed E-state index contributed by atoms with van der Waals surface area (Å²) >= 11 is 0. The van der Waals surface area contributed by atoms with Crippen molar-refractivity contribution in [3.05, 3.63) is 12.2 Å². The van der Waals surface area contributed by atoms with Crippen LogP contribution >= 0.6 is 0 Å². The second kappa shape index (κ2) is 9.07. The largest absolute Gasteiger partial charge is 0.462 e. The molecule has 0 heterocycles. The van der Waals surface area contributed by atoms with E-state index >= 15 is 0 Å². The summed E-state index contributed by atoms with van der Waals surface area (Å²) in [6.45, 7) is 2.98. The third-order valence-corrected chi connectivity index (χ3v) is 5.60. The molecule has 0 rings (SSSR count). The SMILES string of the molecule is C=C(C)C(=O)OCCCCN(C)S(=O)(=O)C(F)(F)C(F)(F)C(F)(F)C(F)(F)C(F)(F)F. The van der Waals surface area contributed by atoms with Gasteiger partial charge in [-0.2, -0.15) is 52.6 Å². The summed E-state index contributed by atoms with van der Waals surface area (Å²) in [4.78, 5) is 11.1. The number of hydrogen-bond acceptors (Lipinski definition) is 4. The molecule has 0 radical (unpaired) electrons. The van der Waals surface area contributed by atoms with E-state index in [0.29, 0.717) is 0 Å². The molecule has 0 saturated carbocycles. The van der Waals surface area contributed by atoms with Gasteiger partial charge in [0, 0.05) is 19.2 Å². The van der Waals surface area contributed by atoms with Gasteiger partial charge in [-0.1, -0.05) is 6.58 Å². The van der Waals surface area contributed by atoms with E-state index in [9.17, 15) is 61.5 Å². The molecule has 184 valence electrons. The van der Waals surface area contributed by atoms with Crippen molar-refractivity contribution < 1.29 is 66.2 Å². The fraction of sp³-hybridized carbons (Fsp3) is 0.786. The Labute approximate surface area is 168 Å². The summed E-state index contributed by atoms with van der Waals surface area (Å²) in [6.07, 6.45) is -8.12. The average Bonchev–Trinajstić information content (AvgIpc) is 2.58. The number of carbonyl (C=O) groups is 1. The Hall–Kier alpha value is -1.65. The molecule has 0 N–H and O–H groups in total. The molecule has 0 aliphatic rings. The molecular weight excluding hydrogens is 487 g/mol. The maximum Gasteiger partial charge on any atom is 0.460 e. The second-order valence-corrected chi connectivity index (χ2v) is 8.27. The quantitative estimate of drug-likeness (QED) is 0.184. The molecule has 0 bridgehead atoms. The zero-order valence-corrected chi connectivity index (χ0v) is 16.5. The van der Waals surface area contributed by atoms with Gasteiger partial charge in [-0.15, -0.1) is 0 Å². The van der Waals surface area contributed by atoms with Crippen molar-refractivity contribution in [2.45, 2.75) is 49.0 Å². The van der Waals surface area contributed by atoms with E-state index < -0.39 is 69.1 Å².